The highest BCUT2D eigenvalue weighted by Crippen LogP contribution is 2.17. The molecule has 0 aliphatic rings. The molecular weight excluding hydrogens is 272 g/mol. The van der Waals surface area contributed by atoms with Crippen LogP contribution < -0.4 is 5.32 Å². The zero-order valence-corrected chi connectivity index (χ0v) is 12.2. The number of nitrogens with zero attached hydrogens (tertiary/aromatic N) is 2. The van der Waals surface area contributed by atoms with Gasteiger partial charge in [0.25, 0.3) is 0 Å². The van der Waals surface area contributed by atoms with Crippen molar-refractivity contribution in [3.63, 3.8) is 0 Å². The maximum absolute atomic E-state index is 11.9. The Balaban J connectivity index is 1.99. The summed E-state index contributed by atoms with van der Waals surface area (Å²) in [7, 11) is 0. The monoisotopic (exact) mass is 290 g/mol. The van der Waals surface area contributed by atoms with Crippen LogP contribution in [0.1, 0.15) is 34.0 Å². The molecule has 2 heterocycles. The molecule has 0 saturated carbocycles. The number of anilines is 1. The molecule has 0 atom stereocenters. The second-order valence-corrected chi connectivity index (χ2v) is 4.99. The van der Waals surface area contributed by atoms with E-state index in [0.29, 0.717) is 17.9 Å². The predicted molar refractivity (Wildman–Crippen MR) is 77.4 cm³/mol. The smallest absolute Gasteiger partial charge is 0.354 e. The third-order valence-electron chi connectivity index (χ3n) is 3.09. The molecule has 0 aliphatic carbocycles. The van der Waals surface area contributed by atoms with Crippen LogP contribution in [-0.2, 0) is 11.3 Å². The molecule has 2 aromatic rings. The first-order valence-corrected chi connectivity index (χ1v) is 6.60. The Morgan fingerprint density at radius 2 is 2.05 bits per heavy atom. The molecule has 0 saturated heterocycles. The predicted octanol–water partition coefficient (Wildman–Crippen LogP) is 1.86. The van der Waals surface area contributed by atoms with Crippen LogP contribution in [0.3, 0.4) is 0 Å². The molecule has 21 heavy (non-hydrogen) atoms. The van der Waals surface area contributed by atoms with Crippen molar-refractivity contribution in [1.82, 2.24) is 14.8 Å². The van der Waals surface area contributed by atoms with Crippen molar-refractivity contribution in [3.05, 3.63) is 34.9 Å². The van der Waals surface area contributed by atoms with Gasteiger partial charge in [-0.25, -0.2) is 4.79 Å². The molecule has 7 nitrogen and oxygen atoms in total. The number of carbonyl (C=O) groups excluding carboxylic acids is 1. The minimum Gasteiger partial charge on any atom is -0.477 e. The molecule has 0 radical (unpaired) electrons. The zero-order chi connectivity index (χ0) is 15.6. The summed E-state index contributed by atoms with van der Waals surface area (Å²) in [6.07, 6.45) is 0.227. The fourth-order valence-electron chi connectivity index (χ4n) is 2.18. The minimum atomic E-state index is -1.10. The average Bonchev–Trinajstić information content (AvgIpc) is 2.89. The summed E-state index contributed by atoms with van der Waals surface area (Å²) in [4.78, 5) is 25.7. The highest BCUT2D eigenvalue weighted by molar-refractivity contribution is 5.99. The molecule has 3 N–H and O–H groups in total. The molecule has 0 aromatic carbocycles. The number of hydrogen-bond acceptors (Lipinski definition) is 3. The Kier molecular flexibility index (Phi) is 4.11. The Bertz CT molecular complexity index is 684. The number of aromatic carboxylic acids is 1. The molecule has 2 aromatic heterocycles. The number of aromatic amines is 1. The van der Waals surface area contributed by atoms with Crippen LogP contribution in [0.2, 0.25) is 0 Å². The highest BCUT2D eigenvalue weighted by atomic mass is 16.4. The summed E-state index contributed by atoms with van der Waals surface area (Å²) < 4.78 is 1.76. The lowest BCUT2D eigenvalue weighted by atomic mass is 10.3. The van der Waals surface area contributed by atoms with Gasteiger partial charge in [0, 0.05) is 24.4 Å². The number of aromatic nitrogens is 3. The van der Waals surface area contributed by atoms with Gasteiger partial charge in [-0.2, -0.15) is 5.10 Å². The van der Waals surface area contributed by atoms with E-state index in [1.165, 1.54) is 0 Å². The molecule has 2 rings (SSSR count). The van der Waals surface area contributed by atoms with Crippen molar-refractivity contribution in [2.45, 2.75) is 33.7 Å². The lowest BCUT2D eigenvalue weighted by molar-refractivity contribution is -0.116. The normalized spacial score (nSPS) is 10.6. The number of amides is 1. The van der Waals surface area contributed by atoms with Crippen molar-refractivity contribution < 1.29 is 14.7 Å². The number of aryl methyl sites for hydroxylation is 4. The molecule has 0 bridgehead atoms. The van der Waals surface area contributed by atoms with Crippen LogP contribution in [0, 0.1) is 20.8 Å². The third kappa shape index (κ3) is 3.50. The first-order chi connectivity index (χ1) is 9.86. The van der Waals surface area contributed by atoms with Crippen LogP contribution in [0.4, 0.5) is 5.69 Å². The van der Waals surface area contributed by atoms with Gasteiger partial charge in [0.15, 0.2) is 0 Å². The van der Waals surface area contributed by atoms with Gasteiger partial charge in [-0.05, 0) is 32.9 Å². The van der Waals surface area contributed by atoms with Crippen molar-refractivity contribution in [2.24, 2.45) is 0 Å². The Morgan fingerprint density at radius 1 is 1.33 bits per heavy atom. The van der Waals surface area contributed by atoms with Gasteiger partial charge < -0.3 is 15.4 Å². The SMILES string of the molecule is Cc1cc(C)n(CCC(=O)Nc2cc(C)[nH]c2C(=O)O)n1. The van der Waals surface area contributed by atoms with Crippen LogP contribution in [0.15, 0.2) is 12.1 Å². The number of carbonyl (C=O) groups is 2. The molecular formula is C14H18N4O3. The zero-order valence-electron chi connectivity index (χ0n) is 12.2. The summed E-state index contributed by atoms with van der Waals surface area (Å²) in [5.74, 6) is -1.35. The molecule has 0 spiro atoms. The van der Waals surface area contributed by atoms with Crippen LogP contribution in [0.25, 0.3) is 0 Å². The standard InChI is InChI=1S/C14H18N4O3/c1-8-7-11(13(15-8)14(20)21)16-12(19)4-5-18-10(3)6-9(2)17-18/h6-7,15H,4-5H2,1-3H3,(H,16,19)(H,20,21). The number of rotatable bonds is 5. The maximum Gasteiger partial charge on any atom is 0.354 e. The molecule has 0 fully saturated rings. The second kappa shape index (κ2) is 5.82. The molecule has 0 unspecified atom stereocenters. The van der Waals surface area contributed by atoms with Crippen LogP contribution in [-0.4, -0.2) is 31.7 Å². The Labute approximate surface area is 122 Å². The minimum absolute atomic E-state index is 0.00744. The second-order valence-electron chi connectivity index (χ2n) is 4.99. The van der Waals surface area contributed by atoms with E-state index in [-0.39, 0.29) is 18.0 Å². The first-order valence-electron chi connectivity index (χ1n) is 6.60. The number of carboxylic acids is 1. The first kappa shape index (κ1) is 14.8. The van der Waals surface area contributed by atoms with Gasteiger partial charge in [0.05, 0.1) is 11.4 Å². The molecule has 112 valence electrons. The van der Waals surface area contributed by atoms with E-state index in [9.17, 15) is 9.59 Å². The van der Waals surface area contributed by atoms with Crippen molar-refractivity contribution in [2.75, 3.05) is 5.32 Å². The van der Waals surface area contributed by atoms with E-state index in [1.807, 2.05) is 19.9 Å². The van der Waals surface area contributed by atoms with E-state index in [4.69, 9.17) is 5.11 Å². The summed E-state index contributed by atoms with van der Waals surface area (Å²) in [6.45, 7) is 6.01. The van der Waals surface area contributed by atoms with Crippen molar-refractivity contribution >= 4 is 17.6 Å². The summed E-state index contributed by atoms with van der Waals surface area (Å²) in [5.41, 5.74) is 2.86. The van der Waals surface area contributed by atoms with E-state index in [2.05, 4.69) is 15.4 Å². The van der Waals surface area contributed by atoms with Gasteiger partial charge in [-0.3, -0.25) is 9.48 Å². The Morgan fingerprint density at radius 3 is 2.62 bits per heavy atom. The highest BCUT2D eigenvalue weighted by Gasteiger charge is 2.15. The van der Waals surface area contributed by atoms with E-state index in [1.54, 1.807) is 17.7 Å². The number of H-pyrrole nitrogens is 1. The summed E-state index contributed by atoms with van der Waals surface area (Å²) >= 11 is 0. The van der Waals surface area contributed by atoms with Gasteiger partial charge in [-0.15, -0.1) is 0 Å². The van der Waals surface area contributed by atoms with E-state index in [0.717, 1.165) is 11.4 Å². The van der Waals surface area contributed by atoms with Crippen LogP contribution >= 0.6 is 0 Å². The summed E-state index contributed by atoms with van der Waals surface area (Å²) in [6, 6.07) is 3.54. The fraction of sp³-hybridized carbons (Fsp3) is 0.357. The van der Waals surface area contributed by atoms with E-state index >= 15 is 0 Å². The van der Waals surface area contributed by atoms with Gasteiger partial charge in [-0.1, -0.05) is 0 Å². The molecule has 7 heteroatoms. The topological polar surface area (TPSA) is 100 Å². The van der Waals surface area contributed by atoms with Crippen molar-refractivity contribution in [3.8, 4) is 0 Å². The van der Waals surface area contributed by atoms with Gasteiger partial charge in [0.1, 0.15) is 5.69 Å². The number of hydrogen-bond donors (Lipinski definition) is 3. The molecule has 1 amide bonds. The van der Waals surface area contributed by atoms with Crippen LogP contribution in [0.5, 0.6) is 0 Å². The summed E-state index contributed by atoms with van der Waals surface area (Å²) in [5, 5.41) is 15.9. The fourth-order valence-corrected chi connectivity index (χ4v) is 2.18. The van der Waals surface area contributed by atoms with Crippen molar-refractivity contribution in [1.29, 1.82) is 0 Å². The molecule has 0 aliphatic heterocycles. The number of nitrogens with one attached hydrogen (secondary N) is 2. The quantitative estimate of drug-likeness (QED) is 0.782. The van der Waals surface area contributed by atoms with Gasteiger partial charge in [0.2, 0.25) is 5.91 Å². The maximum atomic E-state index is 11.9. The Hall–Kier alpha value is -2.57. The van der Waals surface area contributed by atoms with Gasteiger partial charge >= 0.3 is 5.97 Å². The third-order valence-corrected chi connectivity index (χ3v) is 3.09. The lowest BCUT2D eigenvalue weighted by Gasteiger charge is -2.06. The average molecular weight is 290 g/mol. The lowest BCUT2D eigenvalue weighted by Crippen LogP contribution is -2.17. The largest absolute Gasteiger partial charge is 0.477 e. The number of carboxylic acid groups (broad SMARTS) is 1. The van der Waals surface area contributed by atoms with E-state index < -0.39 is 5.97 Å².